The highest BCUT2D eigenvalue weighted by Crippen LogP contribution is 2.20. The summed E-state index contributed by atoms with van der Waals surface area (Å²) in [4.78, 5) is 12.0. The summed E-state index contributed by atoms with van der Waals surface area (Å²) in [5, 5.41) is 2.70. The van der Waals surface area contributed by atoms with E-state index in [0.717, 1.165) is 25.5 Å². The third-order valence-electron chi connectivity index (χ3n) is 4.72. The average molecular weight is 393 g/mol. The van der Waals surface area contributed by atoms with Gasteiger partial charge in [0, 0.05) is 25.6 Å². The fourth-order valence-electron chi connectivity index (χ4n) is 3.28. The Morgan fingerprint density at radius 2 is 2.08 bits per heavy atom. The minimum absolute atomic E-state index is 0.0251. The van der Waals surface area contributed by atoms with Gasteiger partial charge in [0.25, 0.3) is 0 Å². The number of sulfonamides is 1. The van der Waals surface area contributed by atoms with Crippen molar-refractivity contribution in [3.8, 4) is 0 Å². The lowest BCUT2D eigenvalue weighted by atomic mass is 9.97. The van der Waals surface area contributed by atoms with E-state index in [0.29, 0.717) is 19.4 Å². The normalized spacial score (nSPS) is 23.4. The molecule has 0 aromatic rings. The van der Waals surface area contributed by atoms with Crippen molar-refractivity contribution in [1.82, 2.24) is 9.62 Å². The molecule has 1 aliphatic heterocycles. The molecule has 25 heavy (non-hydrogen) atoms. The summed E-state index contributed by atoms with van der Waals surface area (Å²) in [6.07, 6.45) is 8.94. The molecule has 144 valence electrons. The highest BCUT2D eigenvalue weighted by atomic mass is 32.2. The van der Waals surface area contributed by atoms with Crippen LogP contribution in [0.5, 0.6) is 0 Å². The van der Waals surface area contributed by atoms with Crippen molar-refractivity contribution in [2.75, 3.05) is 30.9 Å². The number of carbonyl (C=O) groups is 1. The number of carbonyl (C=O) groups excluding carboxylic acids is 1. The predicted molar refractivity (Wildman–Crippen MR) is 97.4 cm³/mol. The first-order valence-electron chi connectivity index (χ1n) is 8.78. The average Bonchev–Trinajstić information content (AvgIpc) is 2.85. The molecular formula is C16H28N2O5S2. The molecule has 1 heterocycles. The van der Waals surface area contributed by atoms with Gasteiger partial charge in [-0.1, -0.05) is 11.6 Å². The SMILES string of the molecule is CS(=O)(=O)N(CCC(=O)NC1CCS(=O)(=O)C1)CCC1=CCCCC1. The summed E-state index contributed by atoms with van der Waals surface area (Å²) < 4.78 is 48.0. The summed E-state index contributed by atoms with van der Waals surface area (Å²) in [6, 6.07) is -0.350. The van der Waals surface area contributed by atoms with Gasteiger partial charge in [-0.25, -0.2) is 21.1 Å². The number of hydrogen-bond acceptors (Lipinski definition) is 5. The third kappa shape index (κ3) is 7.07. The molecule has 1 aliphatic carbocycles. The van der Waals surface area contributed by atoms with Gasteiger partial charge in [0.05, 0.1) is 17.8 Å². The van der Waals surface area contributed by atoms with Gasteiger partial charge < -0.3 is 5.32 Å². The van der Waals surface area contributed by atoms with Gasteiger partial charge >= 0.3 is 0 Å². The quantitative estimate of drug-likeness (QED) is 0.617. The zero-order valence-electron chi connectivity index (χ0n) is 14.7. The molecule has 1 unspecified atom stereocenters. The Kier molecular flexibility index (Phi) is 7.04. The largest absolute Gasteiger partial charge is 0.352 e. The van der Waals surface area contributed by atoms with Crippen LogP contribution in [-0.2, 0) is 24.7 Å². The lowest BCUT2D eigenvalue weighted by Crippen LogP contribution is -2.39. The number of allylic oxidation sites excluding steroid dienone is 1. The van der Waals surface area contributed by atoms with Crippen LogP contribution < -0.4 is 5.32 Å². The summed E-state index contributed by atoms with van der Waals surface area (Å²) in [7, 11) is -6.42. The maximum Gasteiger partial charge on any atom is 0.221 e. The van der Waals surface area contributed by atoms with Gasteiger partial charge in [-0.3, -0.25) is 4.79 Å². The van der Waals surface area contributed by atoms with Crippen molar-refractivity contribution in [1.29, 1.82) is 0 Å². The molecular weight excluding hydrogens is 364 g/mol. The highest BCUT2D eigenvalue weighted by Gasteiger charge is 2.29. The first-order valence-corrected chi connectivity index (χ1v) is 12.5. The van der Waals surface area contributed by atoms with Crippen molar-refractivity contribution < 1.29 is 21.6 Å². The van der Waals surface area contributed by atoms with Gasteiger partial charge in [0.2, 0.25) is 15.9 Å². The van der Waals surface area contributed by atoms with Crippen LogP contribution in [0.4, 0.5) is 0 Å². The van der Waals surface area contributed by atoms with Crippen LogP contribution >= 0.6 is 0 Å². The fourth-order valence-corrected chi connectivity index (χ4v) is 5.80. The van der Waals surface area contributed by atoms with Crippen molar-refractivity contribution in [2.24, 2.45) is 0 Å². The Morgan fingerprint density at radius 3 is 2.64 bits per heavy atom. The Hall–Kier alpha value is -0.930. The van der Waals surface area contributed by atoms with Crippen molar-refractivity contribution in [3.05, 3.63) is 11.6 Å². The van der Waals surface area contributed by atoms with E-state index in [4.69, 9.17) is 0 Å². The zero-order valence-corrected chi connectivity index (χ0v) is 16.4. The molecule has 2 aliphatic rings. The second-order valence-electron chi connectivity index (χ2n) is 6.94. The first kappa shape index (κ1) is 20.4. The van der Waals surface area contributed by atoms with Gasteiger partial charge in [0.15, 0.2) is 9.84 Å². The van der Waals surface area contributed by atoms with Crippen LogP contribution in [0.2, 0.25) is 0 Å². The molecule has 0 bridgehead atoms. The monoisotopic (exact) mass is 392 g/mol. The van der Waals surface area contributed by atoms with Gasteiger partial charge in [0.1, 0.15) is 0 Å². The lowest BCUT2D eigenvalue weighted by molar-refractivity contribution is -0.121. The molecule has 1 N–H and O–H groups in total. The van der Waals surface area contributed by atoms with Crippen molar-refractivity contribution >= 4 is 25.8 Å². The molecule has 1 saturated heterocycles. The zero-order chi connectivity index (χ0) is 18.5. The fraction of sp³-hybridized carbons (Fsp3) is 0.812. The van der Waals surface area contributed by atoms with Crippen LogP contribution in [0.1, 0.15) is 44.9 Å². The molecule has 7 nitrogen and oxygen atoms in total. The number of rotatable bonds is 8. The Balaban J connectivity index is 1.81. The second kappa shape index (κ2) is 8.64. The Bertz CT molecular complexity index is 713. The molecule has 9 heteroatoms. The molecule has 0 aromatic carbocycles. The van der Waals surface area contributed by atoms with Crippen LogP contribution in [0.25, 0.3) is 0 Å². The smallest absolute Gasteiger partial charge is 0.221 e. The van der Waals surface area contributed by atoms with Gasteiger partial charge in [-0.05, 0) is 38.5 Å². The molecule has 2 rings (SSSR count). The number of sulfone groups is 1. The second-order valence-corrected chi connectivity index (χ2v) is 11.1. The molecule has 0 aromatic heterocycles. The molecule has 1 fully saturated rings. The van der Waals surface area contributed by atoms with Crippen molar-refractivity contribution in [2.45, 2.75) is 51.0 Å². The van der Waals surface area contributed by atoms with Gasteiger partial charge in [-0.2, -0.15) is 0 Å². The molecule has 0 saturated carbocycles. The third-order valence-corrected chi connectivity index (χ3v) is 7.79. The van der Waals surface area contributed by atoms with E-state index in [1.165, 1.54) is 16.3 Å². The van der Waals surface area contributed by atoms with E-state index < -0.39 is 19.9 Å². The van der Waals surface area contributed by atoms with Gasteiger partial charge in [-0.15, -0.1) is 0 Å². The lowest BCUT2D eigenvalue weighted by Gasteiger charge is -2.22. The molecule has 1 atom stereocenters. The van der Waals surface area contributed by atoms with E-state index >= 15 is 0 Å². The van der Waals surface area contributed by atoms with Crippen molar-refractivity contribution in [3.63, 3.8) is 0 Å². The van der Waals surface area contributed by atoms with E-state index in [2.05, 4.69) is 11.4 Å². The standard InChI is InChI=1S/C16H28N2O5S2/c1-24(20,21)18(10-7-14-5-3-2-4-6-14)11-8-16(19)17-15-9-12-25(22,23)13-15/h5,15H,2-4,6-13H2,1H3,(H,17,19). The van der Waals surface area contributed by atoms with Crippen LogP contribution in [0.15, 0.2) is 11.6 Å². The minimum atomic E-state index is -3.38. The highest BCUT2D eigenvalue weighted by molar-refractivity contribution is 7.91. The molecule has 1 amide bonds. The summed E-state index contributed by atoms with van der Waals surface area (Å²) in [6.45, 7) is 0.507. The number of hydrogen-bond donors (Lipinski definition) is 1. The minimum Gasteiger partial charge on any atom is -0.352 e. The first-order chi connectivity index (χ1) is 11.7. The van der Waals surface area contributed by atoms with E-state index in [1.54, 1.807) is 0 Å². The summed E-state index contributed by atoms with van der Waals surface area (Å²) in [5.41, 5.74) is 1.29. The topological polar surface area (TPSA) is 101 Å². The van der Waals surface area contributed by atoms with E-state index in [9.17, 15) is 21.6 Å². The molecule has 0 radical (unpaired) electrons. The maximum atomic E-state index is 12.0. The maximum absolute atomic E-state index is 12.0. The van der Waals surface area contributed by atoms with E-state index in [-0.39, 0.29) is 36.4 Å². The van der Waals surface area contributed by atoms with Crippen LogP contribution in [0, 0.1) is 0 Å². The predicted octanol–water partition coefficient (Wildman–Crippen LogP) is 0.832. The Morgan fingerprint density at radius 1 is 1.32 bits per heavy atom. The summed E-state index contributed by atoms with van der Waals surface area (Å²) in [5.74, 6) is -0.224. The Labute approximate surface area is 150 Å². The molecule has 0 spiro atoms. The number of nitrogens with zero attached hydrogens (tertiary/aromatic N) is 1. The number of nitrogens with one attached hydrogen (secondary N) is 1. The van der Waals surface area contributed by atoms with Crippen LogP contribution in [0.3, 0.4) is 0 Å². The summed E-state index contributed by atoms with van der Waals surface area (Å²) >= 11 is 0. The van der Waals surface area contributed by atoms with Crippen LogP contribution in [-0.4, -0.2) is 63.9 Å². The van der Waals surface area contributed by atoms with E-state index in [1.807, 2.05) is 0 Å². The number of amides is 1.